The van der Waals surface area contributed by atoms with E-state index in [2.05, 4.69) is 15.4 Å². The number of para-hydroxylation sites is 1. The number of carbonyl (C=O) groups is 1. The van der Waals surface area contributed by atoms with Crippen LogP contribution in [0.5, 0.6) is 5.75 Å². The van der Waals surface area contributed by atoms with Crippen LogP contribution in [-0.2, 0) is 4.74 Å². The summed E-state index contributed by atoms with van der Waals surface area (Å²) in [6.07, 6.45) is 0. The molecule has 3 aromatic rings. The Kier molecular flexibility index (Phi) is 7.24. The number of amides is 2. The Morgan fingerprint density at radius 2 is 1.82 bits per heavy atom. The first-order valence-electron chi connectivity index (χ1n) is 11.1. The first-order chi connectivity index (χ1) is 16.5. The van der Waals surface area contributed by atoms with E-state index in [0.717, 1.165) is 5.56 Å². The number of fused-ring (bicyclic) bond motifs is 1. The lowest BCUT2D eigenvalue weighted by atomic mass is 9.78. The first kappa shape index (κ1) is 23.5. The summed E-state index contributed by atoms with van der Waals surface area (Å²) in [5.41, 5.74) is 8.76. The number of urea groups is 1. The number of hydrogen-bond donors (Lipinski definition) is 3. The van der Waals surface area contributed by atoms with Crippen LogP contribution in [0.3, 0.4) is 0 Å². The molecule has 0 unspecified atom stereocenters. The van der Waals surface area contributed by atoms with Gasteiger partial charge < -0.3 is 20.0 Å². The SMILES string of the molecule is C/C(=N/NC(N)=O)[C@H](CN1CCOCC1)[C@@H](c1ccccc1)c1c(O)c2ccccc2oc1=O. The Morgan fingerprint density at radius 1 is 1.15 bits per heavy atom. The predicted octanol–water partition coefficient (Wildman–Crippen LogP) is 2.62. The summed E-state index contributed by atoms with van der Waals surface area (Å²) < 4.78 is 11.1. The molecule has 2 atom stereocenters. The second kappa shape index (κ2) is 10.5. The number of nitrogens with one attached hydrogen (secondary N) is 1. The van der Waals surface area contributed by atoms with E-state index in [0.29, 0.717) is 49.5 Å². The standard InChI is InChI=1S/C25H28N4O5/c1-16(27-28-25(26)32)19(15-29-11-13-33-14-12-29)21(17-7-3-2-4-8-17)22-23(30)18-9-5-6-10-20(18)34-24(22)31/h2-10,19,21,30H,11-15H2,1H3,(H3,26,28,32)/b27-16-/t19-,21+/m0/s1. The zero-order chi connectivity index (χ0) is 24.1. The zero-order valence-electron chi connectivity index (χ0n) is 18.9. The average molecular weight is 465 g/mol. The summed E-state index contributed by atoms with van der Waals surface area (Å²) in [6, 6.07) is 15.5. The van der Waals surface area contributed by atoms with Crippen LogP contribution >= 0.6 is 0 Å². The van der Waals surface area contributed by atoms with Crippen molar-refractivity contribution in [3.05, 3.63) is 76.1 Å². The minimum atomic E-state index is -0.784. The molecule has 0 spiro atoms. The summed E-state index contributed by atoms with van der Waals surface area (Å²) in [4.78, 5) is 26.8. The van der Waals surface area contributed by atoms with Crippen LogP contribution in [0.1, 0.15) is 24.0 Å². The number of carbonyl (C=O) groups excluding carboxylic acids is 1. The number of benzene rings is 2. The molecule has 0 saturated carbocycles. The van der Waals surface area contributed by atoms with Crippen molar-refractivity contribution in [1.29, 1.82) is 0 Å². The van der Waals surface area contributed by atoms with Crippen LogP contribution < -0.4 is 16.8 Å². The Balaban J connectivity index is 1.90. The number of aromatic hydroxyl groups is 1. The monoisotopic (exact) mass is 464 g/mol. The molecule has 2 aromatic carbocycles. The third kappa shape index (κ3) is 5.11. The number of hydrazone groups is 1. The summed E-state index contributed by atoms with van der Waals surface area (Å²) >= 11 is 0. The van der Waals surface area contributed by atoms with Crippen LogP contribution in [0.2, 0.25) is 0 Å². The van der Waals surface area contributed by atoms with Gasteiger partial charge in [0.1, 0.15) is 11.3 Å². The highest BCUT2D eigenvalue weighted by Crippen LogP contribution is 2.39. The van der Waals surface area contributed by atoms with E-state index < -0.39 is 17.6 Å². The van der Waals surface area contributed by atoms with Gasteiger partial charge in [0.05, 0.1) is 24.2 Å². The molecule has 4 rings (SSSR count). The minimum Gasteiger partial charge on any atom is -0.507 e. The molecule has 34 heavy (non-hydrogen) atoms. The van der Waals surface area contributed by atoms with Crippen LogP contribution in [0.4, 0.5) is 4.79 Å². The molecular formula is C25H28N4O5. The van der Waals surface area contributed by atoms with Gasteiger partial charge in [-0.25, -0.2) is 15.0 Å². The molecule has 1 fully saturated rings. The first-order valence-corrected chi connectivity index (χ1v) is 11.1. The van der Waals surface area contributed by atoms with Gasteiger partial charge in [-0.3, -0.25) is 4.90 Å². The largest absolute Gasteiger partial charge is 0.507 e. The number of nitrogens with zero attached hydrogens (tertiary/aromatic N) is 2. The minimum absolute atomic E-state index is 0.122. The number of hydrogen-bond acceptors (Lipinski definition) is 7. The normalized spacial score (nSPS) is 16.8. The molecule has 0 aliphatic carbocycles. The van der Waals surface area contributed by atoms with Gasteiger partial charge in [-0.2, -0.15) is 5.10 Å². The van der Waals surface area contributed by atoms with Gasteiger partial charge in [0.15, 0.2) is 0 Å². The number of ether oxygens (including phenoxy) is 1. The summed E-state index contributed by atoms with van der Waals surface area (Å²) in [7, 11) is 0. The fourth-order valence-electron chi connectivity index (χ4n) is 4.45. The second-order valence-corrected chi connectivity index (χ2v) is 8.29. The van der Waals surface area contributed by atoms with Gasteiger partial charge in [-0.05, 0) is 24.6 Å². The molecule has 2 heterocycles. The molecule has 9 nitrogen and oxygen atoms in total. The van der Waals surface area contributed by atoms with Crippen molar-refractivity contribution in [3.63, 3.8) is 0 Å². The third-order valence-electron chi connectivity index (χ3n) is 6.13. The lowest BCUT2D eigenvalue weighted by Crippen LogP contribution is -2.43. The summed E-state index contributed by atoms with van der Waals surface area (Å²) in [5, 5.41) is 15.9. The topological polar surface area (TPSA) is 130 Å². The molecule has 1 aliphatic rings. The maximum Gasteiger partial charge on any atom is 0.343 e. The van der Waals surface area contributed by atoms with Crippen molar-refractivity contribution in [1.82, 2.24) is 10.3 Å². The molecule has 2 amide bonds. The highest BCUT2D eigenvalue weighted by Gasteiger charge is 2.35. The van der Waals surface area contributed by atoms with Crippen molar-refractivity contribution >= 4 is 22.7 Å². The molecule has 1 aromatic heterocycles. The number of nitrogens with two attached hydrogens (primary N) is 1. The van der Waals surface area contributed by atoms with Crippen molar-refractivity contribution in [2.75, 3.05) is 32.8 Å². The van der Waals surface area contributed by atoms with Gasteiger partial charge >= 0.3 is 11.7 Å². The van der Waals surface area contributed by atoms with Crippen molar-refractivity contribution in [2.24, 2.45) is 16.8 Å². The highest BCUT2D eigenvalue weighted by molar-refractivity contribution is 5.89. The quantitative estimate of drug-likeness (QED) is 0.280. The summed E-state index contributed by atoms with van der Waals surface area (Å²) in [6.45, 7) is 4.92. The van der Waals surface area contributed by atoms with Crippen molar-refractivity contribution in [2.45, 2.75) is 12.8 Å². The van der Waals surface area contributed by atoms with Crippen LogP contribution in [0.15, 0.2) is 68.9 Å². The molecule has 4 N–H and O–H groups in total. The van der Waals surface area contributed by atoms with Crippen molar-refractivity contribution in [3.8, 4) is 5.75 Å². The highest BCUT2D eigenvalue weighted by atomic mass is 16.5. The smallest absolute Gasteiger partial charge is 0.343 e. The lowest BCUT2D eigenvalue weighted by Gasteiger charge is -2.34. The number of morpholine rings is 1. The Hall–Kier alpha value is -3.69. The maximum atomic E-state index is 13.3. The van der Waals surface area contributed by atoms with E-state index in [4.69, 9.17) is 14.9 Å². The van der Waals surface area contributed by atoms with Crippen LogP contribution in [-0.4, -0.2) is 54.6 Å². The number of primary amides is 1. The molecule has 1 saturated heterocycles. The zero-order valence-corrected chi connectivity index (χ0v) is 18.9. The van der Waals surface area contributed by atoms with Crippen molar-refractivity contribution < 1.29 is 19.1 Å². The fourth-order valence-corrected chi connectivity index (χ4v) is 4.45. The molecule has 0 radical (unpaired) electrons. The van der Waals surface area contributed by atoms with Gasteiger partial charge in [-0.1, -0.05) is 42.5 Å². The molecular weight excluding hydrogens is 436 g/mol. The van der Waals surface area contributed by atoms with Gasteiger partial charge in [-0.15, -0.1) is 0 Å². The van der Waals surface area contributed by atoms with Gasteiger partial charge in [0.25, 0.3) is 0 Å². The van der Waals surface area contributed by atoms with E-state index in [1.165, 1.54) is 0 Å². The molecule has 178 valence electrons. The Bertz CT molecular complexity index is 1240. The van der Waals surface area contributed by atoms with E-state index in [-0.39, 0.29) is 17.2 Å². The second-order valence-electron chi connectivity index (χ2n) is 8.29. The molecule has 1 aliphatic heterocycles. The van der Waals surface area contributed by atoms with E-state index in [1.807, 2.05) is 30.3 Å². The molecule has 9 heteroatoms. The molecule has 0 bridgehead atoms. The third-order valence-corrected chi connectivity index (χ3v) is 6.13. The fraction of sp³-hybridized carbons (Fsp3) is 0.320. The van der Waals surface area contributed by atoms with Gasteiger partial charge in [0, 0.05) is 37.2 Å². The van der Waals surface area contributed by atoms with Gasteiger partial charge in [0.2, 0.25) is 0 Å². The summed E-state index contributed by atoms with van der Waals surface area (Å²) in [5.74, 6) is -1.10. The van der Waals surface area contributed by atoms with E-state index in [1.54, 1.807) is 31.2 Å². The average Bonchev–Trinajstić information content (AvgIpc) is 2.85. The Labute approximate surface area is 196 Å². The van der Waals surface area contributed by atoms with Crippen LogP contribution in [0, 0.1) is 5.92 Å². The van der Waals surface area contributed by atoms with E-state index >= 15 is 0 Å². The Morgan fingerprint density at radius 3 is 2.53 bits per heavy atom. The van der Waals surface area contributed by atoms with E-state index in [9.17, 15) is 14.7 Å². The van der Waals surface area contributed by atoms with Crippen LogP contribution in [0.25, 0.3) is 11.0 Å². The maximum absolute atomic E-state index is 13.3. The number of rotatable bonds is 7. The predicted molar refractivity (Wildman–Crippen MR) is 129 cm³/mol. The lowest BCUT2D eigenvalue weighted by molar-refractivity contribution is 0.0335.